The van der Waals surface area contributed by atoms with Crippen LogP contribution in [-0.4, -0.2) is 29.8 Å². The van der Waals surface area contributed by atoms with Gasteiger partial charge in [-0.05, 0) is 32.1 Å². The van der Waals surface area contributed by atoms with Crippen molar-refractivity contribution in [2.45, 2.75) is 44.9 Å². The smallest absolute Gasteiger partial charge is 0.222 e. The van der Waals surface area contributed by atoms with E-state index in [4.69, 9.17) is 5.73 Å². The topological polar surface area (TPSA) is 63.4 Å². The second kappa shape index (κ2) is 6.43. The molecule has 4 heteroatoms. The van der Waals surface area contributed by atoms with Crippen LogP contribution >= 0.6 is 0 Å². The fourth-order valence-corrected chi connectivity index (χ4v) is 1.88. The molecule has 0 radical (unpaired) electrons. The Bertz CT molecular complexity index is 223. The fraction of sp³-hybridized carbons (Fsp3) is 0.818. The van der Waals surface area contributed by atoms with E-state index in [9.17, 15) is 9.59 Å². The number of amides is 2. The first-order valence-electron chi connectivity index (χ1n) is 5.76. The number of carbonyl (C=O) groups is 2. The van der Waals surface area contributed by atoms with E-state index >= 15 is 0 Å². The first-order valence-corrected chi connectivity index (χ1v) is 5.76. The van der Waals surface area contributed by atoms with Crippen molar-refractivity contribution in [2.75, 3.05) is 13.1 Å². The molecule has 0 unspecified atom stereocenters. The largest absolute Gasteiger partial charge is 0.370 e. The normalized spacial score (nSPS) is 16.4. The molecule has 1 aliphatic rings. The van der Waals surface area contributed by atoms with Crippen LogP contribution in [0.15, 0.2) is 0 Å². The SMILES string of the molecule is NC(=O)CCCCC(=O)N1CCCCC1. The van der Waals surface area contributed by atoms with E-state index in [1.807, 2.05) is 4.90 Å². The molecule has 0 aromatic rings. The van der Waals surface area contributed by atoms with Gasteiger partial charge in [-0.1, -0.05) is 0 Å². The molecule has 1 saturated heterocycles. The van der Waals surface area contributed by atoms with Gasteiger partial charge >= 0.3 is 0 Å². The van der Waals surface area contributed by atoms with Crippen molar-refractivity contribution in [1.82, 2.24) is 4.90 Å². The van der Waals surface area contributed by atoms with E-state index in [0.29, 0.717) is 12.8 Å². The van der Waals surface area contributed by atoms with Crippen LogP contribution in [-0.2, 0) is 9.59 Å². The summed E-state index contributed by atoms with van der Waals surface area (Å²) in [5, 5.41) is 0. The van der Waals surface area contributed by atoms with Crippen LogP contribution in [0.1, 0.15) is 44.9 Å². The van der Waals surface area contributed by atoms with E-state index in [1.165, 1.54) is 6.42 Å². The predicted molar refractivity (Wildman–Crippen MR) is 58.1 cm³/mol. The number of hydrogen-bond acceptors (Lipinski definition) is 2. The summed E-state index contributed by atoms with van der Waals surface area (Å²) in [5.74, 6) is -0.0420. The highest BCUT2D eigenvalue weighted by molar-refractivity contribution is 5.76. The number of piperidine rings is 1. The lowest BCUT2D eigenvalue weighted by Crippen LogP contribution is -2.35. The Morgan fingerprint density at radius 1 is 1.00 bits per heavy atom. The molecule has 0 aromatic carbocycles. The molecule has 1 fully saturated rings. The lowest BCUT2D eigenvalue weighted by molar-refractivity contribution is -0.132. The Morgan fingerprint density at radius 3 is 2.20 bits per heavy atom. The summed E-state index contributed by atoms with van der Waals surface area (Å²) < 4.78 is 0. The van der Waals surface area contributed by atoms with E-state index in [2.05, 4.69) is 0 Å². The summed E-state index contributed by atoms with van der Waals surface area (Å²) >= 11 is 0. The third-order valence-electron chi connectivity index (χ3n) is 2.77. The summed E-state index contributed by atoms with van der Waals surface area (Å²) in [5.41, 5.74) is 5.02. The maximum absolute atomic E-state index is 11.7. The summed E-state index contributed by atoms with van der Waals surface area (Å²) in [4.78, 5) is 24.1. The number of likely N-dealkylation sites (tertiary alicyclic amines) is 1. The molecule has 1 rings (SSSR count). The monoisotopic (exact) mass is 212 g/mol. The van der Waals surface area contributed by atoms with Crippen LogP contribution in [0.4, 0.5) is 0 Å². The van der Waals surface area contributed by atoms with Crippen LogP contribution < -0.4 is 5.73 Å². The van der Waals surface area contributed by atoms with E-state index in [-0.39, 0.29) is 11.8 Å². The number of hydrogen-bond donors (Lipinski definition) is 1. The van der Waals surface area contributed by atoms with Crippen molar-refractivity contribution in [3.63, 3.8) is 0 Å². The van der Waals surface area contributed by atoms with Gasteiger partial charge in [0.05, 0.1) is 0 Å². The van der Waals surface area contributed by atoms with Crippen LogP contribution in [0.25, 0.3) is 0 Å². The average molecular weight is 212 g/mol. The van der Waals surface area contributed by atoms with Gasteiger partial charge < -0.3 is 10.6 Å². The van der Waals surface area contributed by atoms with Crippen molar-refractivity contribution in [1.29, 1.82) is 0 Å². The lowest BCUT2D eigenvalue weighted by Gasteiger charge is -2.26. The third kappa shape index (κ3) is 4.81. The number of rotatable bonds is 5. The first-order chi connectivity index (χ1) is 7.20. The highest BCUT2D eigenvalue weighted by Gasteiger charge is 2.15. The second-order valence-electron chi connectivity index (χ2n) is 4.11. The highest BCUT2D eigenvalue weighted by atomic mass is 16.2. The Hall–Kier alpha value is -1.06. The van der Waals surface area contributed by atoms with Gasteiger partial charge in [0.25, 0.3) is 0 Å². The Labute approximate surface area is 90.8 Å². The van der Waals surface area contributed by atoms with Crippen LogP contribution in [0.3, 0.4) is 0 Å². The van der Waals surface area contributed by atoms with Crippen LogP contribution in [0.2, 0.25) is 0 Å². The van der Waals surface area contributed by atoms with Gasteiger partial charge in [0.2, 0.25) is 11.8 Å². The van der Waals surface area contributed by atoms with Gasteiger partial charge in [0.15, 0.2) is 0 Å². The van der Waals surface area contributed by atoms with E-state index < -0.39 is 0 Å². The molecular weight excluding hydrogens is 192 g/mol. The molecule has 0 aliphatic carbocycles. The van der Waals surface area contributed by atoms with Crippen molar-refractivity contribution in [3.8, 4) is 0 Å². The van der Waals surface area contributed by atoms with E-state index in [0.717, 1.165) is 38.8 Å². The zero-order valence-electron chi connectivity index (χ0n) is 9.21. The molecule has 0 atom stereocenters. The number of nitrogens with two attached hydrogens (primary N) is 1. The molecule has 4 nitrogen and oxygen atoms in total. The molecule has 0 bridgehead atoms. The number of carbonyl (C=O) groups excluding carboxylic acids is 2. The summed E-state index contributed by atoms with van der Waals surface area (Å²) in [7, 11) is 0. The standard InChI is InChI=1S/C11H20N2O2/c12-10(14)6-2-3-7-11(15)13-8-4-1-5-9-13/h1-9H2,(H2,12,14). The molecule has 0 spiro atoms. The number of primary amides is 1. The van der Waals surface area contributed by atoms with Gasteiger partial charge in [-0.15, -0.1) is 0 Å². The van der Waals surface area contributed by atoms with Gasteiger partial charge in [-0.3, -0.25) is 9.59 Å². The number of nitrogens with zero attached hydrogens (tertiary/aromatic N) is 1. The maximum Gasteiger partial charge on any atom is 0.222 e. The second-order valence-corrected chi connectivity index (χ2v) is 4.11. The minimum Gasteiger partial charge on any atom is -0.370 e. The summed E-state index contributed by atoms with van der Waals surface area (Å²) in [6, 6.07) is 0. The zero-order chi connectivity index (χ0) is 11.1. The van der Waals surface area contributed by atoms with Gasteiger partial charge in [-0.2, -0.15) is 0 Å². The van der Waals surface area contributed by atoms with E-state index in [1.54, 1.807) is 0 Å². The number of unbranched alkanes of at least 4 members (excludes halogenated alkanes) is 1. The molecular formula is C11H20N2O2. The molecule has 1 heterocycles. The van der Waals surface area contributed by atoms with Crippen molar-refractivity contribution in [3.05, 3.63) is 0 Å². The molecule has 2 N–H and O–H groups in total. The Kier molecular flexibility index (Phi) is 5.15. The van der Waals surface area contributed by atoms with Gasteiger partial charge in [0.1, 0.15) is 0 Å². The average Bonchev–Trinajstić information content (AvgIpc) is 2.25. The fourth-order valence-electron chi connectivity index (χ4n) is 1.88. The van der Waals surface area contributed by atoms with Gasteiger partial charge in [-0.25, -0.2) is 0 Å². The minimum absolute atomic E-state index is 0.235. The molecule has 15 heavy (non-hydrogen) atoms. The van der Waals surface area contributed by atoms with Crippen molar-refractivity contribution >= 4 is 11.8 Å². The van der Waals surface area contributed by atoms with Crippen LogP contribution in [0, 0.1) is 0 Å². The van der Waals surface area contributed by atoms with Gasteiger partial charge in [0, 0.05) is 25.9 Å². The first kappa shape index (κ1) is 12.0. The van der Waals surface area contributed by atoms with Crippen molar-refractivity contribution < 1.29 is 9.59 Å². The Morgan fingerprint density at radius 2 is 1.60 bits per heavy atom. The molecule has 0 aromatic heterocycles. The summed E-state index contributed by atoms with van der Waals surface area (Å²) in [6.07, 6.45) is 5.97. The molecule has 86 valence electrons. The molecule has 1 aliphatic heterocycles. The molecule has 2 amide bonds. The summed E-state index contributed by atoms with van der Waals surface area (Å²) in [6.45, 7) is 1.82. The van der Waals surface area contributed by atoms with Crippen LogP contribution in [0.5, 0.6) is 0 Å². The Balaban J connectivity index is 2.09. The highest BCUT2D eigenvalue weighted by Crippen LogP contribution is 2.11. The zero-order valence-corrected chi connectivity index (χ0v) is 9.21. The molecule has 0 saturated carbocycles. The lowest BCUT2D eigenvalue weighted by atomic mass is 10.1. The minimum atomic E-state index is -0.277. The maximum atomic E-state index is 11.7. The quantitative estimate of drug-likeness (QED) is 0.692. The predicted octanol–water partition coefficient (Wildman–Crippen LogP) is 1.04. The third-order valence-corrected chi connectivity index (χ3v) is 2.77. The van der Waals surface area contributed by atoms with Crippen molar-refractivity contribution in [2.24, 2.45) is 5.73 Å².